The van der Waals surface area contributed by atoms with Gasteiger partial charge in [-0.3, -0.25) is 4.79 Å². The summed E-state index contributed by atoms with van der Waals surface area (Å²) in [5.74, 6) is 0.553. The van der Waals surface area contributed by atoms with Crippen LogP contribution >= 0.6 is 0 Å². The van der Waals surface area contributed by atoms with Crippen LogP contribution in [0.15, 0.2) is 24.3 Å². The molecule has 40 heavy (non-hydrogen) atoms. The van der Waals surface area contributed by atoms with Crippen LogP contribution in [-0.2, 0) is 19.1 Å². The molecule has 1 aromatic rings. The van der Waals surface area contributed by atoms with E-state index in [1.165, 1.54) is 0 Å². The Bertz CT molecular complexity index is 1040. The highest BCUT2D eigenvalue weighted by atomic mass is 16.6. The first-order chi connectivity index (χ1) is 19.3. The van der Waals surface area contributed by atoms with E-state index < -0.39 is 30.1 Å². The first kappa shape index (κ1) is 30.2. The van der Waals surface area contributed by atoms with Crippen molar-refractivity contribution >= 4 is 11.9 Å². The fourth-order valence-corrected chi connectivity index (χ4v) is 6.10. The van der Waals surface area contributed by atoms with E-state index in [2.05, 4.69) is 0 Å². The lowest BCUT2D eigenvalue weighted by atomic mass is 9.75. The molecule has 1 amide bonds. The molecule has 2 fully saturated rings. The van der Waals surface area contributed by atoms with Gasteiger partial charge in [0.15, 0.2) is 11.5 Å². The van der Waals surface area contributed by atoms with E-state index in [9.17, 15) is 14.7 Å². The van der Waals surface area contributed by atoms with Crippen molar-refractivity contribution in [1.29, 1.82) is 0 Å². The third kappa shape index (κ3) is 7.10. The van der Waals surface area contributed by atoms with Gasteiger partial charge in [0.25, 0.3) is 0 Å². The Morgan fingerprint density at radius 1 is 0.975 bits per heavy atom. The number of benzene rings is 1. The van der Waals surface area contributed by atoms with Crippen LogP contribution in [0.3, 0.4) is 0 Å². The molecule has 2 heterocycles. The van der Waals surface area contributed by atoms with Crippen LogP contribution in [0.5, 0.6) is 17.2 Å². The number of rotatable bonds is 3. The summed E-state index contributed by atoms with van der Waals surface area (Å²) in [7, 11) is 3.14. The second-order valence-electron chi connectivity index (χ2n) is 11.2. The third-order valence-corrected chi connectivity index (χ3v) is 8.34. The number of cyclic esters (lactones) is 1. The Morgan fingerprint density at radius 2 is 1.73 bits per heavy atom. The zero-order valence-electron chi connectivity index (χ0n) is 24.3. The molecule has 9 heteroatoms. The van der Waals surface area contributed by atoms with Gasteiger partial charge in [-0.15, -0.1) is 0 Å². The van der Waals surface area contributed by atoms with Gasteiger partial charge in [-0.05, 0) is 69.6 Å². The number of aliphatic hydroxyl groups excluding tert-OH is 1. The lowest BCUT2D eigenvalue weighted by Crippen LogP contribution is -2.52. The smallest absolute Gasteiger partial charge is 0.329 e. The number of amides is 1. The summed E-state index contributed by atoms with van der Waals surface area (Å²) in [5.41, 5.74) is 0.795. The van der Waals surface area contributed by atoms with E-state index in [4.69, 9.17) is 23.7 Å². The number of hydrogen-bond donors (Lipinski definition) is 1. The molecule has 2 aliphatic heterocycles. The number of methoxy groups -OCH3 is 2. The first-order valence-corrected chi connectivity index (χ1v) is 14.7. The number of aliphatic hydroxyl groups is 1. The number of piperidine rings is 1. The van der Waals surface area contributed by atoms with Crippen LogP contribution < -0.4 is 14.2 Å². The summed E-state index contributed by atoms with van der Waals surface area (Å²) in [5, 5.41) is 10.6. The Kier molecular flexibility index (Phi) is 10.7. The lowest BCUT2D eigenvalue weighted by Gasteiger charge is -2.39. The Labute approximate surface area is 237 Å². The highest BCUT2D eigenvalue weighted by Gasteiger charge is 2.41. The maximum Gasteiger partial charge on any atom is 0.329 e. The van der Waals surface area contributed by atoms with Crippen molar-refractivity contribution < 1.29 is 38.4 Å². The van der Waals surface area contributed by atoms with Crippen molar-refractivity contribution in [3.05, 3.63) is 29.8 Å². The molecule has 0 spiro atoms. The van der Waals surface area contributed by atoms with Crippen LogP contribution in [0, 0.1) is 5.92 Å². The highest BCUT2D eigenvalue weighted by Crippen LogP contribution is 2.45. The maximum atomic E-state index is 14.5. The second-order valence-corrected chi connectivity index (χ2v) is 11.2. The van der Waals surface area contributed by atoms with Crippen molar-refractivity contribution in [2.45, 2.75) is 95.5 Å². The summed E-state index contributed by atoms with van der Waals surface area (Å²) >= 11 is 0. The average Bonchev–Trinajstić information content (AvgIpc) is 2.97. The fraction of sp³-hybridized carbons (Fsp3) is 0.677. The minimum absolute atomic E-state index is 0.0716. The Morgan fingerprint density at radius 3 is 2.45 bits per heavy atom. The average molecular weight is 560 g/mol. The van der Waals surface area contributed by atoms with E-state index in [0.29, 0.717) is 30.2 Å². The first-order valence-electron chi connectivity index (χ1n) is 14.7. The number of hydrogen-bond acceptors (Lipinski definition) is 8. The van der Waals surface area contributed by atoms with Gasteiger partial charge in [-0.25, -0.2) is 4.79 Å². The highest BCUT2D eigenvalue weighted by molar-refractivity contribution is 5.89. The van der Waals surface area contributed by atoms with Crippen molar-refractivity contribution in [3.63, 3.8) is 0 Å². The van der Waals surface area contributed by atoms with Gasteiger partial charge in [-0.1, -0.05) is 31.4 Å². The molecule has 1 aromatic carbocycles. The van der Waals surface area contributed by atoms with E-state index >= 15 is 0 Å². The van der Waals surface area contributed by atoms with Crippen LogP contribution in [0.4, 0.5) is 0 Å². The molecule has 3 aliphatic rings. The SMILES string of the molecule is COc1cc2cc(c1OC)OC[C@H](C)OC/C=C/[C@H](O)[C@@H](C)OC(=O)[C@@H]1CCCCN1C(=O)[C@H]2C1CCCCC1. The number of ether oxygens (including phenoxy) is 5. The Balaban J connectivity index is 1.79. The van der Waals surface area contributed by atoms with Gasteiger partial charge in [0.2, 0.25) is 11.7 Å². The molecule has 1 saturated carbocycles. The predicted octanol–water partition coefficient (Wildman–Crippen LogP) is 4.40. The second kappa shape index (κ2) is 14.2. The summed E-state index contributed by atoms with van der Waals surface area (Å²) in [4.78, 5) is 29.6. The van der Waals surface area contributed by atoms with Crippen LogP contribution in [-0.4, -0.2) is 80.2 Å². The number of carbonyl (C=O) groups is 2. The van der Waals surface area contributed by atoms with Gasteiger partial charge in [-0.2, -0.15) is 0 Å². The third-order valence-electron chi connectivity index (χ3n) is 8.34. The quantitative estimate of drug-likeness (QED) is 0.430. The Hall–Kier alpha value is -2.78. The largest absolute Gasteiger partial charge is 0.493 e. The minimum atomic E-state index is -0.989. The van der Waals surface area contributed by atoms with Crippen molar-refractivity contribution in [2.24, 2.45) is 5.92 Å². The molecule has 1 saturated heterocycles. The molecular weight excluding hydrogens is 514 g/mol. The maximum absolute atomic E-state index is 14.5. The van der Waals surface area contributed by atoms with Crippen molar-refractivity contribution in [1.82, 2.24) is 4.90 Å². The molecule has 5 atom stereocenters. The van der Waals surface area contributed by atoms with Gasteiger partial charge >= 0.3 is 5.97 Å². The number of nitrogens with zero attached hydrogens (tertiary/aromatic N) is 1. The van der Waals surface area contributed by atoms with Gasteiger partial charge in [0, 0.05) is 6.54 Å². The zero-order chi connectivity index (χ0) is 28.6. The summed E-state index contributed by atoms with van der Waals surface area (Å²) in [6.45, 7) is 4.56. The predicted molar refractivity (Wildman–Crippen MR) is 150 cm³/mol. The normalized spacial score (nSPS) is 30.2. The van der Waals surface area contributed by atoms with Crippen molar-refractivity contribution in [2.75, 3.05) is 34.0 Å². The van der Waals surface area contributed by atoms with Gasteiger partial charge < -0.3 is 33.7 Å². The molecule has 0 radical (unpaired) electrons. The van der Waals surface area contributed by atoms with Gasteiger partial charge in [0.1, 0.15) is 24.9 Å². The summed E-state index contributed by atoms with van der Waals surface area (Å²) in [6.07, 6.45) is 8.60. The molecule has 4 rings (SSSR count). The molecule has 0 unspecified atom stereocenters. The lowest BCUT2D eigenvalue weighted by molar-refractivity contribution is -0.164. The number of carbonyl (C=O) groups excluding carboxylic acids is 2. The molecule has 222 valence electrons. The van der Waals surface area contributed by atoms with E-state index in [-0.39, 0.29) is 31.1 Å². The van der Waals surface area contributed by atoms with Crippen LogP contribution in [0.1, 0.15) is 76.7 Å². The van der Waals surface area contributed by atoms with E-state index in [0.717, 1.165) is 50.5 Å². The number of esters is 1. The monoisotopic (exact) mass is 559 g/mol. The molecule has 1 N–H and O–H groups in total. The van der Waals surface area contributed by atoms with Crippen LogP contribution in [0.25, 0.3) is 0 Å². The summed E-state index contributed by atoms with van der Waals surface area (Å²) in [6, 6.07) is 3.08. The van der Waals surface area contributed by atoms with Crippen LogP contribution in [0.2, 0.25) is 0 Å². The molecular formula is C31H45NO8. The van der Waals surface area contributed by atoms with E-state index in [1.807, 2.05) is 19.1 Å². The fourth-order valence-electron chi connectivity index (χ4n) is 6.10. The summed E-state index contributed by atoms with van der Waals surface area (Å²) < 4.78 is 29.1. The van der Waals surface area contributed by atoms with E-state index in [1.54, 1.807) is 38.2 Å². The van der Waals surface area contributed by atoms with Crippen molar-refractivity contribution in [3.8, 4) is 17.2 Å². The topological polar surface area (TPSA) is 104 Å². The molecule has 2 bridgehead atoms. The number of fused-ring (bicyclic) bond motifs is 3. The standard InChI is InChI=1S/C31H45NO8/c1-20-19-39-27-18-23(17-26(36-3)29(27)37-4)28(22-11-6-5-7-12-22)30(34)32-15-9-8-13-24(32)31(35)40-21(2)25(33)14-10-16-38-20/h10,14,17-18,20-22,24-25,28,33H,5-9,11-13,15-16,19H2,1-4H3/b14-10+/t20-,21+,24-,25-,28-/m0/s1. The molecule has 1 aliphatic carbocycles. The zero-order valence-corrected chi connectivity index (χ0v) is 24.3. The molecule has 9 nitrogen and oxygen atoms in total. The minimum Gasteiger partial charge on any atom is -0.493 e. The van der Waals surface area contributed by atoms with Gasteiger partial charge in [0.05, 0.1) is 32.8 Å². The molecule has 0 aromatic heterocycles.